The highest BCUT2D eigenvalue weighted by Gasteiger charge is 2.23. The van der Waals surface area contributed by atoms with Gasteiger partial charge in [0.2, 0.25) is 18.4 Å². The third-order valence-corrected chi connectivity index (χ3v) is 4.29. The summed E-state index contributed by atoms with van der Waals surface area (Å²) in [4.78, 5) is 0. The van der Waals surface area contributed by atoms with Gasteiger partial charge in [0.1, 0.15) is 0 Å². The summed E-state index contributed by atoms with van der Waals surface area (Å²) < 4.78 is 21.9. The Kier molecular flexibility index (Phi) is 3.49. The standard InChI is InChI=1S/C18H13N5O4/c1-24-14-6-12(7-15-17(14)26-9-25-15)16-13(8-19-27-16)10-2-4-11(5-3-10)18-20-22-23-21-18/h2-8H,9H2,1H3,(H,20,21,22,23). The van der Waals surface area contributed by atoms with E-state index in [4.69, 9.17) is 18.7 Å². The highest BCUT2D eigenvalue weighted by molar-refractivity contribution is 5.82. The van der Waals surface area contributed by atoms with Crippen LogP contribution in [-0.2, 0) is 0 Å². The molecule has 0 fully saturated rings. The van der Waals surface area contributed by atoms with Crippen molar-refractivity contribution in [2.24, 2.45) is 0 Å². The first-order valence-electron chi connectivity index (χ1n) is 8.10. The number of ether oxygens (including phenoxy) is 3. The number of hydrogen-bond donors (Lipinski definition) is 1. The van der Waals surface area contributed by atoms with Crippen molar-refractivity contribution in [1.29, 1.82) is 0 Å². The molecule has 4 aromatic rings. The SMILES string of the molecule is COc1cc(-c2oncc2-c2ccc(-c3nn[nH]n3)cc2)cc2c1OCO2. The van der Waals surface area contributed by atoms with Crippen LogP contribution in [0.2, 0.25) is 0 Å². The average molecular weight is 363 g/mol. The first kappa shape index (κ1) is 15.4. The Morgan fingerprint density at radius 1 is 1.04 bits per heavy atom. The van der Waals surface area contributed by atoms with Gasteiger partial charge in [0.25, 0.3) is 0 Å². The highest BCUT2D eigenvalue weighted by Crippen LogP contribution is 2.45. The van der Waals surface area contributed by atoms with Crippen LogP contribution in [0.5, 0.6) is 17.2 Å². The minimum Gasteiger partial charge on any atom is -0.493 e. The molecule has 3 heterocycles. The summed E-state index contributed by atoms with van der Waals surface area (Å²) in [5.74, 6) is 2.92. The van der Waals surface area contributed by atoms with Gasteiger partial charge in [-0.2, -0.15) is 5.21 Å². The molecule has 0 saturated heterocycles. The number of benzene rings is 2. The third-order valence-electron chi connectivity index (χ3n) is 4.29. The molecule has 0 spiro atoms. The quantitative estimate of drug-likeness (QED) is 0.589. The maximum Gasteiger partial charge on any atom is 0.231 e. The zero-order valence-corrected chi connectivity index (χ0v) is 14.2. The van der Waals surface area contributed by atoms with Crippen molar-refractivity contribution < 1.29 is 18.7 Å². The molecule has 0 atom stereocenters. The number of H-pyrrole nitrogens is 1. The molecule has 27 heavy (non-hydrogen) atoms. The summed E-state index contributed by atoms with van der Waals surface area (Å²) in [5.41, 5.74) is 3.42. The molecule has 9 heteroatoms. The molecule has 0 aliphatic carbocycles. The van der Waals surface area contributed by atoms with E-state index in [0.29, 0.717) is 28.8 Å². The van der Waals surface area contributed by atoms with Crippen molar-refractivity contribution in [3.05, 3.63) is 42.6 Å². The van der Waals surface area contributed by atoms with E-state index in [2.05, 4.69) is 25.8 Å². The van der Waals surface area contributed by atoms with Crippen LogP contribution in [0.4, 0.5) is 0 Å². The smallest absolute Gasteiger partial charge is 0.231 e. The molecule has 0 radical (unpaired) electrons. The van der Waals surface area contributed by atoms with Gasteiger partial charge in [-0.15, -0.1) is 10.2 Å². The molecule has 0 bridgehead atoms. The minimum atomic E-state index is 0.163. The van der Waals surface area contributed by atoms with Crippen molar-refractivity contribution in [2.75, 3.05) is 13.9 Å². The number of tetrazole rings is 1. The van der Waals surface area contributed by atoms with Crippen molar-refractivity contribution in [3.8, 4) is 51.1 Å². The van der Waals surface area contributed by atoms with Crippen LogP contribution in [0.25, 0.3) is 33.8 Å². The fourth-order valence-electron chi connectivity index (χ4n) is 3.00. The van der Waals surface area contributed by atoms with Gasteiger partial charge in [-0.25, -0.2) is 0 Å². The van der Waals surface area contributed by atoms with Gasteiger partial charge in [-0.3, -0.25) is 0 Å². The van der Waals surface area contributed by atoms with Crippen LogP contribution in [0.3, 0.4) is 0 Å². The van der Waals surface area contributed by atoms with E-state index in [-0.39, 0.29) is 6.79 Å². The molecule has 5 rings (SSSR count). The maximum atomic E-state index is 5.53. The molecule has 134 valence electrons. The van der Waals surface area contributed by atoms with Gasteiger partial charge in [-0.1, -0.05) is 29.4 Å². The van der Waals surface area contributed by atoms with E-state index < -0.39 is 0 Å². The topological polar surface area (TPSA) is 108 Å². The molecule has 2 aromatic heterocycles. The fraction of sp³-hybridized carbons (Fsp3) is 0.111. The van der Waals surface area contributed by atoms with E-state index in [1.165, 1.54) is 0 Å². The monoisotopic (exact) mass is 363 g/mol. The third kappa shape index (κ3) is 2.56. The lowest BCUT2D eigenvalue weighted by Gasteiger charge is -2.08. The van der Waals surface area contributed by atoms with E-state index in [1.54, 1.807) is 13.3 Å². The molecule has 0 unspecified atom stereocenters. The summed E-state index contributed by atoms with van der Waals surface area (Å²) in [6.07, 6.45) is 1.68. The summed E-state index contributed by atoms with van der Waals surface area (Å²) in [5, 5.41) is 17.9. The van der Waals surface area contributed by atoms with E-state index in [1.807, 2.05) is 36.4 Å². The highest BCUT2D eigenvalue weighted by atomic mass is 16.7. The van der Waals surface area contributed by atoms with Crippen molar-refractivity contribution in [1.82, 2.24) is 25.8 Å². The van der Waals surface area contributed by atoms with Gasteiger partial charge in [-0.05, 0) is 22.9 Å². The van der Waals surface area contributed by atoms with Gasteiger partial charge in [0, 0.05) is 16.7 Å². The number of nitrogens with one attached hydrogen (secondary N) is 1. The van der Waals surface area contributed by atoms with Gasteiger partial charge < -0.3 is 18.7 Å². The molecule has 1 aliphatic heterocycles. The second kappa shape index (κ2) is 6.13. The van der Waals surface area contributed by atoms with Crippen LogP contribution in [-0.4, -0.2) is 39.7 Å². The Balaban J connectivity index is 1.55. The Morgan fingerprint density at radius 2 is 1.89 bits per heavy atom. The number of aromatic amines is 1. The lowest BCUT2D eigenvalue weighted by atomic mass is 10.0. The zero-order valence-electron chi connectivity index (χ0n) is 14.2. The second-order valence-electron chi connectivity index (χ2n) is 5.79. The minimum absolute atomic E-state index is 0.163. The number of fused-ring (bicyclic) bond motifs is 1. The van der Waals surface area contributed by atoms with Crippen LogP contribution in [0, 0.1) is 0 Å². The predicted molar refractivity (Wildman–Crippen MR) is 93.2 cm³/mol. The van der Waals surface area contributed by atoms with Crippen LogP contribution in [0.15, 0.2) is 47.1 Å². The summed E-state index contributed by atoms with van der Waals surface area (Å²) in [6.45, 7) is 0.163. The Labute approximate surface area is 152 Å². The molecule has 1 aliphatic rings. The largest absolute Gasteiger partial charge is 0.493 e. The van der Waals surface area contributed by atoms with Crippen LogP contribution < -0.4 is 14.2 Å². The fourth-order valence-corrected chi connectivity index (χ4v) is 3.00. The van der Waals surface area contributed by atoms with Crippen molar-refractivity contribution in [2.45, 2.75) is 0 Å². The zero-order chi connectivity index (χ0) is 18.2. The molecular formula is C18H13N5O4. The van der Waals surface area contributed by atoms with Crippen molar-refractivity contribution in [3.63, 3.8) is 0 Å². The number of methoxy groups -OCH3 is 1. The first-order chi connectivity index (χ1) is 13.3. The lowest BCUT2D eigenvalue weighted by molar-refractivity contribution is 0.171. The molecular weight excluding hydrogens is 350 g/mol. The number of aromatic nitrogens is 5. The molecule has 9 nitrogen and oxygen atoms in total. The Bertz CT molecular complexity index is 1090. The van der Waals surface area contributed by atoms with Crippen LogP contribution >= 0.6 is 0 Å². The normalized spacial score (nSPS) is 12.3. The second-order valence-corrected chi connectivity index (χ2v) is 5.79. The summed E-state index contributed by atoms with van der Waals surface area (Å²) in [7, 11) is 1.58. The molecule has 0 amide bonds. The Hall–Kier alpha value is -3.88. The van der Waals surface area contributed by atoms with Crippen molar-refractivity contribution >= 4 is 0 Å². The number of hydrogen-bond acceptors (Lipinski definition) is 8. The molecule has 2 aromatic carbocycles. The average Bonchev–Trinajstić information content (AvgIpc) is 3.48. The number of rotatable bonds is 4. The van der Waals surface area contributed by atoms with Gasteiger partial charge in [0.05, 0.1) is 13.3 Å². The van der Waals surface area contributed by atoms with Crippen LogP contribution in [0.1, 0.15) is 0 Å². The van der Waals surface area contributed by atoms with Gasteiger partial charge in [0.15, 0.2) is 17.3 Å². The molecule has 0 saturated carbocycles. The lowest BCUT2D eigenvalue weighted by Crippen LogP contribution is -1.93. The summed E-state index contributed by atoms with van der Waals surface area (Å²) in [6, 6.07) is 11.4. The van der Waals surface area contributed by atoms with E-state index in [0.717, 1.165) is 22.3 Å². The predicted octanol–water partition coefficient (Wildman–Crippen LogP) is 2.93. The first-order valence-corrected chi connectivity index (χ1v) is 8.10. The number of nitrogens with zero attached hydrogens (tertiary/aromatic N) is 4. The van der Waals surface area contributed by atoms with E-state index >= 15 is 0 Å². The van der Waals surface area contributed by atoms with E-state index in [9.17, 15) is 0 Å². The maximum absolute atomic E-state index is 5.53. The summed E-state index contributed by atoms with van der Waals surface area (Å²) >= 11 is 0. The van der Waals surface area contributed by atoms with Gasteiger partial charge >= 0.3 is 0 Å². The Morgan fingerprint density at radius 3 is 2.67 bits per heavy atom. The molecule has 1 N–H and O–H groups in total.